The minimum atomic E-state index is -2.13. The second kappa shape index (κ2) is 6.42. The fourth-order valence-electron chi connectivity index (χ4n) is 3.55. The number of aromatic hydroxyl groups is 1. The standard InChI is InChI=1S/C20H15N3O5S/c1-10-7-8-12(13(24)9-10)23-17(27)16(26)14(15(25)11-5-3-2-4-6-11)20(23)18(28)21-19(29)22-20/h2-9,24-25H,1H3,(H2,21,22,28,29)/b15-14-. The summed E-state index contributed by atoms with van der Waals surface area (Å²) in [5, 5.41) is 26.2. The van der Waals surface area contributed by atoms with Gasteiger partial charge in [-0.25, -0.2) is 0 Å². The molecule has 2 heterocycles. The summed E-state index contributed by atoms with van der Waals surface area (Å²) in [6.07, 6.45) is 0. The number of hydrogen-bond donors (Lipinski definition) is 4. The number of nitrogens with one attached hydrogen (secondary N) is 2. The number of phenolic OH excluding ortho intramolecular Hbond substituents is 1. The van der Waals surface area contributed by atoms with E-state index in [4.69, 9.17) is 12.2 Å². The van der Waals surface area contributed by atoms with Crippen LogP contribution in [0.3, 0.4) is 0 Å². The number of carbonyl (C=O) groups is 3. The number of Topliss-reactive ketones (excluding diaryl/α,β-unsaturated/α-hetero) is 1. The molecule has 1 atom stereocenters. The fraction of sp³-hybridized carbons (Fsp3) is 0.100. The highest BCUT2D eigenvalue weighted by atomic mass is 32.1. The Balaban J connectivity index is 2.03. The van der Waals surface area contributed by atoms with Gasteiger partial charge in [-0.05, 0) is 36.8 Å². The number of aliphatic hydroxyl groups is 1. The van der Waals surface area contributed by atoms with Crippen LogP contribution in [0.5, 0.6) is 5.75 Å². The van der Waals surface area contributed by atoms with Crippen LogP contribution >= 0.6 is 12.2 Å². The normalized spacial score (nSPS) is 22.9. The van der Waals surface area contributed by atoms with E-state index < -0.39 is 34.6 Å². The average molecular weight is 409 g/mol. The third-order valence-electron chi connectivity index (χ3n) is 4.83. The summed E-state index contributed by atoms with van der Waals surface area (Å²) in [5.74, 6) is -3.84. The predicted molar refractivity (Wildman–Crippen MR) is 108 cm³/mol. The molecule has 146 valence electrons. The molecule has 29 heavy (non-hydrogen) atoms. The number of amides is 2. The molecular weight excluding hydrogens is 394 g/mol. The van der Waals surface area contributed by atoms with E-state index in [1.54, 1.807) is 31.2 Å². The number of hydrogen-bond acceptors (Lipinski definition) is 6. The van der Waals surface area contributed by atoms with Crippen molar-refractivity contribution in [1.82, 2.24) is 10.6 Å². The van der Waals surface area contributed by atoms with Crippen LogP contribution in [-0.2, 0) is 14.4 Å². The molecule has 2 aromatic carbocycles. The Morgan fingerprint density at radius 2 is 1.79 bits per heavy atom. The topological polar surface area (TPSA) is 119 Å². The zero-order valence-corrected chi connectivity index (χ0v) is 15.9. The van der Waals surface area contributed by atoms with Crippen molar-refractivity contribution >= 4 is 46.4 Å². The SMILES string of the molecule is Cc1ccc(N2C(=O)C(=O)/C(=C(/O)c3ccccc3)C23NC(=S)NC3=O)c(O)c1. The summed E-state index contributed by atoms with van der Waals surface area (Å²) >= 11 is 5.04. The Bertz CT molecular complexity index is 1130. The molecule has 1 unspecified atom stereocenters. The number of aliphatic hydroxyl groups excluding tert-OH is 1. The molecule has 0 aliphatic carbocycles. The van der Waals surface area contributed by atoms with Gasteiger partial charge in [0.2, 0.25) is 5.66 Å². The Morgan fingerprint density at radius 1 is 1.10 bits per heavy atom. The molecule has 1 spiro atoms. The van der Waals surface area contributed by atoms with E-state index in [9.17, 15) is 24.6 Å². The fourth-order valence-corrected chi connectivity index (χ4v) is 3.79. The number of benzene rings is 2. The number of anilines is 1. The molecule has 2 aliphatic rings. The molecule has 9 heteroatoms. The third-order valence-corrected chi connectivity index (χ3v) is 5.03. The Kier molecular flexibility index (Phi) is 4.12. The van der Waals surface area contributed by atoms with E-state index in [2.05, 4.69) is 10.6 Å². The van der Waals surface area contributed by atoms with E-state index in [0.717, 1.165) is 4.90 Å². The Morgan fingerprint density at radius 3 is 2.38 bits per heavy atom. The van der Waals surface area contributed by atoms with Crippen molar-refractivity contribution in [3.05, 3.63) is 65.2 Å². The lowest BCUT2D eigenvalue weighted by Gasteiger charge is -2.32. The highest BCUT2D eigenvalue weighted by Gasteiger charge is 2.65. The molecule has 0 radical (unpaired) electrons. The molecular formula is C20H15N3O5S. The maximum Gasteiger partial charge on any atom is 0.302 e. The number of carbonyl (C=O) groups excluding carboxylic acids is 3. The lowest BCUT2D eigenvalue weighted by Crippen LogP contribution is -2.59. The van der Waals surface area contributed by atoms with Crippen LogP contribution in [0.1, 0.15) is 11.1 Å². The molecule has 8 nitrogen and oxygen atoms in total. The van der Waals surface area contributed by atoms with Gasteiger partial charge in [0.25, 0.3) is 11.7 Å². The summed E-state index contributed by atoms with van der Waals surface area (Å²) in [7, 11) is 0. The number of nitrogens with zero attached hydrogens (tertiary/aromatic N) is 1. The monoisotopic (exact) mass is 409 g/mol. The van der Waals surface area contributed by atoms with Crippen molar-refractivity contribution < 1.29 is 24.6 Å². The number of thiocarbonyl (C=S) groups is 1. The van der Waals surface area contributed by atoms with Gasteiger partial charge in [-0.15, -0.1) is 0 Å². The molecule has 2 aliphatic heterocycles. The maximum atomic E-state index is 13.0. The first-order chi connectivity index (χ1) is 13.8. The first-order valence-corrected chi connectivity index (χ1v) is 8.99. The second-order valence-corrected chi connectivity index (χ2v) is 7.08. The average Bonchev–Trinajstić information content (AvgIpc) is 3.09. The molecule has 2 aromatic rings. The van der Waals surface area contributed by atoms with Crippen LogP contribution < -0.4 is 15.5 Å². The molecule has 2 fully saturated rings. The Labute approximate surface area is 170 Å². The molecule has 0 saturated carbocycles. The molecule has 0 aromatic heterocycles. The number of phenols is 1. The van der Waals surface area contributed by atoms with Crippen molar-refractivity contribution in [2.24, 2.45) is 0 Å². The first kappa shape index (κ1) is 18.6. The van der Waals surface area contributed by atoms with Crippen molar-refractivity contribution in [2.45, 2.75) is 12.6 Å². The van der Waals surface area contributed by atoms with Gasteiger partial charge in [0, 0.05) is 5.56 Å². The van der Waals surface area contributed by atoms with Crippen LogP contribution in [0.25, 0.3) is 5.76 Å². The van der Waals surface area contributed by atoms with Gasteiger partial charge in [-0.3, -0.25) is 24.6 Å². The summed E-state index contributed by atoms with van der Waals surface area (Å²) < 4.78 is 0. The predicted octanol–water partition coefficient (Wildman–Crippen LogP) is 1.29. The van der Waals surface area contributed by atoms with E-state index in [1.165, 1.54) is 24.3 Å². The quantitative estimate of drug-likeness (QED) is 0.255. The zero-order valence-electron chi connectivity index (χ0n) is 15.1. The van der Waals surface area contributed by atoms with Gasteiger partial charge in [0.05, 0.1) is 5.69 Å². The highest BCUT2D eigenvalue weighted by molar-refractivity contribution is 7.80. The molecule has 2 amide bonds. The van der Waals surface area contributed by atoms with Crippen LogP contribution in [0.2, 0.25) is 0 Å². The van der Waals surface area contributed by atoms with Crippen LogP contribution in [-0.4, -0.2) is 38.6 Å². The number of aryl methyl sites for hydroxylation is 1. The lowest BCUT2D eigenvalue weighted by atomic mass is 9.94. The highest BCUT2D eigenvalue weighted by Crippen LogP contribution is 2.43. The van der Waals surface area contributed by atoms with Gasteiger partial charge in [0.15, 0.2) is 5.11 Å². The van der Waals surface area contributed by atoms with Crippen molar-refractivity contribution in [2.75, 3.05) is 4.90 Å². The molecule has 2 saturated heterocycles. The number of ketones is 1. The van der Waals surface area contributed by atoms with Gasteiger partial charge in [-0.1, -0.05) is 36.4 Å². The lowest BCUT2D eigenvalue weighted by molar-refractivity contribution is -0.132. The Hall–Kier alpha value is -3.72. The summed E-state index contributed by atoms with van der Waals surface area (Å²) in [6.45, 7) is 1.73. The summed E-state index contributed by atoms with van der Waals surface area (Å²) in [6, 6.07) is 12.5. The van der Waals surface area contributed by atoms with Gasteiger partial charge in [0.1, 0.15) is 17.1 Å². The van der Waals surface area contributed by atoms with Crippen LogP contribution in [0, 0.1) is 6.92 Å². The van der Waals surface area contributed by atoms with Crippen LogP contribution in [0.15, 0.2) is 54.1 Å². The van der Waals surface area contributed by atoms with Gasteiger partial charge in [-0.2, -0.15) is 0 Å². The maximum absolute atomic E-state index is 13.0. The molecule has 4 N–H and O–H groups in total. The summed E-state index contributed by atoms with van der Waals surface area (Å²) in [4.78, 5) is 39.7. The zero-order chi connectivity index (χ0) is 20.9. The smallest absolute Gasteiger partial charge is 0.302 e. The van der Waals surface area contributed by atoms with E-state index in [1.807, 2.05) is 0 Å². The van der Waals surface area contributed by atoms with Gasteiger partial charge < -0.3 is 15.5 Å². The largest absolute Gasteiger partial charge is 0.507 e. The summed E-state index contributed by atoms with van der Waals surface area (Å²) in [5.41, 5.74) is -1.72. The minimum absolute atomic E-state index is 0.0721. The first-order valence-electron chi connectivity index (χ1n) is 8.58. The third kappa shape index (κ3) is 2.59. The van der Waals surface area contributed by atoms with Crippen molar-refractivity contribution in [3.8, 4) is 5.75 Å². The van der Waals surface area contributed by atoms with Crippen molar-refractivity contribution in [3.63, 3.8) is 0 Å². The van der Waals surface area contributed by atoms with E-state index in [0.29, 0.717) is 5.56 Å². The minimum Gasteiger partial charge on any atom is -0.507 e. The van der Waals surface area contributed by atoms with Gasteiger partial charge >= 0.3 is 5.91 Å². The number of rotatable bonds is 2. The van der Waals surface area contributed by atoms with Crippen LogP contribution in [0.4, 0.5) is 5.69 Å². The molecule has 0 bridgehead atoms. The van der Waals surface area contributed by atoms with E-state index >= 15 is 0 Å². The second-order valence-electron chi connectivity index (χ2n) is 6.67. The van der Waals surface area contributed by atoms with Crippen molar-refractivity contribution in [1.29, 1.82) is 0 Å². The molecule has 4 rings (SSSR count). The van der Waals surface area contributed by atoms with E-state index in [-0.39, 0.29) is 22.1 Å².